The predicted octanol–water partition coefficient (Wildman–Crippen LogP) is 3.82. The molecular formula is C23H27N5O2. The Morgan fingerprint density at radius 3 is 2.77 bits per heavy atom. The molecule has 0 fully saturated rings. The van der Waals surface area contributed by atoms with Crippen LogP contribution in [0.1, 0.15) is 18.5 Å². The molecule has 3 aromatic rings. The molecule has 7 heteroatoms. The molecule has 1 amide bonds. The molecule has 1 aliphatic heterocycles. The SMILES string of the molecule is CN(C)CCCn1nc2cc(-c3ccccn3)ccc2c1C1=CCN(C(=O)O)CC1. The van der Waals surface area contributed by atoms with Gasteiger partial charge in [-0.05, 0) is 63.3 Å². The molecular weight excluding hydrogens is 378 g/mol. The minimum atomic E-state index is -0.866. The van der Waals surface area contributed by atoms with Crippen molar-refractivity contribution in [2.45, 2.75) is 19.4 Å². The van der Waals surface area contributed by atoms with Crippen LogP contribution in [0.4, 0.5) is 4.79 Å². The second-order valence-electron chi connectivity index (χ2n) is 7.88. The first-order valence-electron chi connectivity index (χ1n) is 10.3. The van der Waals surface area contributed by atoms with Gasteiger partial charge >= 0.3 is 6.09 Å². The number of amides is 1. The van der Waals surface area contributed by atoms with Gasteiger partial charge in [0, 0.05) is 36.8 Å². The molecule has 0 unspecified atom stereocenters. The molecule has 4 rings (SSSR count). The highest BCUT2D eigenvalue weighted by Gasteiger charge is 2.21. The highest BCUT2D eigenvalue weighted by molar-refractivity contribution is 5.93. The van der Waals surface area contributed by atoms with Crippen molar-refractivity contribution in [2.24, 2.45) is 0 Å². The zero-order valence-corrected chi connectivity index (χ0v) is 17.5. The lowest BCUT2D eigenvalue weighted by molar-refractivity contribution is 0.150. The van der Waals surface area contributed by atoms with Gasteiger partial charge in [0.15, 0.2) is 0 Å². The number of pyridine rings is 1. The average molecular weight is 406 g/mol. The quantitative estimate of drug-likeness (QED) is 0.675. The average Bonchev–Trinajstić information content (AvgIpc) is 3.11. The first kappa shape index (κ1) is 20.1. The molecule has 1 aromatic carbocycles. The predicted molar refractivity (Wildman–Crippen MR) is 118 cm³/mol. The highest BCUT2D eigenvalue weighted by Crippen LogP contribution is 2.32. The maximum Gasteiger partial charge on any atom is 0.407 e. The molecule has 0 saturated heterocycles. The van der Waals surface area contributed by atoms with E-state index < -0.39 is 6.09 Å². The van der Waals surface area contributed by atoms with Crippen molar-refractivity contribution in [1.82, 2.24) is 24.6 Å². The summed E-state index contributed by atoms with van der Waals surface area (Å²) in [5, 5.41) is 15.3. The fraction of sp³-hybridized carbons (Fsp3) is 0.348. The van der Waals surface area contributed by atoms with Crippen molar-refractivity contribution < 1.29 is 9.90 Å². The number of nitrogens with zero attached hydrogens (tertiary/aromatic N) is 5. The molecule has 2 aromatic heterocycles. The zero-order chi connectivity index (χ0) is 21.1. The van der Waals surface area contributed by atoms with E-state index >= 15 is 0 Å². The summed E-state index contributed by atoms with van der Waals surface area (Å²) in [5.74, 6) is 0. The second-order valence-corrected chi connectivity index (χ2v) is 7.88. The summed E-state index contributed by atoms with van der Waals surface area (Å²) in [6.07, 6.45) is 4.66. The lowest BCUT2D eigenvalue weighted by atomic mass is 10.00. The Labute approximate surface area is 176 Å². The maximum atomic E-state index is 11.3. The van der Waals surface area contributed by atoms with Crippen LogP contribution in [-0.2, 0) is 6.54 Å². The number of aromatic nitrogens is 3. The summed E-state index contributed by atoms with van der Waals surface area (Å²) in [6.45, 7) is 2.74. The Morgan fingerprint density at radius 1 is 1.23 bits per heavy atom. The van der Waals surface area contributed by atoms with E-state index in [-0.39, 0.29) is 0 Å². The van der Waals surface area contributed by atoms with Crippen molar-refractivity contribution in [3.05, 3.63) is 54.4 Å². The Hall–Kier alpha value is -3.19. The van der Waals surface area contributed by atoms with E-state index in [4.69, 9.17) is 5.10 Å². The van der Waals surface area contributed by atoms with Crippen molar-refractivity contribution in [3.63, 3.8) is 0 Å². The summed E-state index contributed by atoms with van der Waals surface area (Å²) in [7, 11) is 4.15. The van der Waals surface area contributed by atoms with Crippen LogP contribution in [0, 0.1) is 0 Å². The van der Waals surface area contributed by atoms with Crippen LogP contribution >= 0.6 is 0 Å². The number of rotatable bonds is 6. The minimum Gasteiger partial charge on any atom is -0.465 e. The van der Waals surface area contributed by atoms with E-state index in [1.54, 1.807) is 6.20 Å². The highest BCUT2D eigenvalue weighted by atomic mass is 16.4. The van der Waals surface area contributed by atoms with Gasteiger partial charge in [-0.2, -0.15) is 5.10 Å². The van der Waals surface area contributed by atoms with Crippen molar-refractivity contribution >= 4 is 22.6 Å². The summed E-state index contributed by atoms with van der Waals surface area (Å²) in [4.78, 5) is 19.3. The van der Waals surface area contributed by atoms with E-state index in [9.17, 15) is 9.90 Å². The Kier molecular flexibility index (Phi) is 5.81. The van der Waals surface area contributed by atoms with E-state index in [1.165, 1.54) is 10.5 Å². The van der Waals surface area contributed by atoms with Gasteiger partial charge in [0.05, 0.1) is 16.9 Å². The van der Waals surface area contributed by atoms with Crippen LogP contribution < -0.4 is 0 Å². The first-order valence-corrected chi connectivity index (χ1v) is 10.3. The summed E-state index contributed by atoms with van der Waals surface area (Å²) in [5.41, 5.74) is 5.20. The number of fused-ring (bicyclic) bond motifs is 1. The van der Waals surface area contributed by atoms with Gasteiger partial charge in [-0.15, -0.1) is 0 Å². The van der Waals surface area contributed by atoms with Crippen LogP contribution in [0.5, 0.6) is 0 Å². The summed E-state index contributed by atoms with van der Waals surface area (Å²) < 4.78 is 2.10. The first-order chi connectivity index (χ1) is 14.5. The van der Waals surface area contributed by atoms with Gasteiger partial charge in [-0.3, -0.25) is 9.67 Å². The molecule has 30 heavy (non-hydrogen) atoms. The normalized spacial score (nSPS) is 14.4. The number of hydrogen-bond acceptors (Lipinski definition) is 4. The smallest absolute Gasteiger partial charge is 0.407 e. The third-order valence-corrected chi connectivity index (χ3v) is 5.46. The van der Waals surface area contributed by atoms with Gasteiger partial charge in [0.1, 0.15) is 0 Å². The van der Waals surface area contributed by atoms with Crippen molar-refractivity contribution in [3.8, 4) is 11.3 Å². The molecule has 0 spiro atoms. The molecule has 0 bridgehead atoms. The third kappa shape index (κ3) is 4.21. The lowest BCUT2D eigenvalue weighted by Gasteiger charge is -2.24. The molecule has 156 valence electrons. The van der Waals surface area contributed by atoms with Crippen LogP contribution in [0.2, 0.25) is 0 Å². The van der Waals surface area contributed by atoms with E-state index in [1.807, 2.05) is 24.3 Å². The largest absolute Gasteiger partial charge is 0.465 e. The Bertz CT molecular complexity index is 1070. The molecule has 0 aliphatic carbocycles. The van der Waals surface area contributed by atoms with E-state index in [0.29, 0.717) is 19.5 Å². The van der Waals surface area contributed by atoms with Gasteiger partial charge in [-0.25, -0.2) is 4.79 Å². The maximum absolute atomic E-state index is 11.3. The molecule has 1 aliphatic rings. The van der Waals surface area contributed by atoms with Crippen LogP contribution in [0.25, 0.3) is 27.7 Å². The molecule has 7 nitrogen and oxygen atoms in total. The fourth-order valence-corrected chi connectivity index (χ4v) is 3.92. The van der Waals surface area contributed by atoms with Crippen LogP contribution in [0.3, 0.4) is 0 Å². The summed E-state index contributed by atoms with van der Waals surface area (Å²) in [6, 6.07) is 12.2. The van der Waals surface area contributed by atoms with Crippen molar-refractivity contribution in [2.75, 3.05) is 33.7 Å². The molecule has 1 N–H and O–H groups in total. The molecule has 0 atom stereocenters. The molecule has 0 radical (unpaired) electrons. The van der Waals surface area contributed by atoms with Gasteiger partial charge in [0.2, 0.25) is 0 Å². The Morgan fingerprint density at radius 2 is 2.10 bits per heavy atom. The summed E-state index contributed by atoms with van der Waals surface area (Å²) >= 11 is 0. The van der Waals surface area contributed by atoms with Gasteiger partial charge in [-0.1, -0.05) is 18.2 Å². The second kappa shape index (κ2) is 8.67. The zero-order valence-electron chi connectivity index (χ0n) is 17.5. The minimum absolute atomic E-state index is 0.418. The third-order valence-electron chi connectivity index (χ3n) is 5.46. The lowest BCUT2D eigenvalue weighted by Crippen LogP contribution is -2.33. The Balaban J connectivity index is 1.73. The van der Waals surface area contributed by atoms with Crippen LogP contribution in [-0.4, -0.2) is 69.5 Å². The number of hydrogen-bond donors (Lipinski definition) is 1. The van der Waals surface area contributed by atoms with Gasteiger partial charge < -0.3 is 14.9 Å². The number of aryl methyl sites for hydroxylation is 1. The monoisotopic (exact) mass is 405 g/mol. The molecule has 0 saturated carbocycles. The van der Waals surface area contributed by atoms with E-state index in [0.717, 1.165) is 47.4 Å². The van der Waals surface area contributed by atoms with E-state index in [2.05, 4.69) is 46.9 Å². The fourth-order valence-electron chi connectivity index (χ4n) is 3.92. The van der Waals surface area contributed by atoms with Gasteiger partial charge in [0.25, 0.3) is 0 Å². The standard InChI is InChI=1S/C23H27N5O2/c1-26(2)12-5-13-28-22(17-9-14-27(15-10-17)23(29)30)19-8-7-18(16-21(19)25-28)20-6-3-4-11-24-20/h3-4,6-9,11,16H,5,10,12-15H2,1-2H3,(H,29,30). The number of carboxylic acid groups (broad SMARTS) is 1. The number of benzene rings is 1. The topological polar surface area (TPSA) is 74.5 Å². The van der Waals surface area contributed by atoms with Crippen molar-refractivity contribution in [1.29, 1.82) is 0 Å². The molecule has 3 heterocycles. The van der Waals surface area contributed by atoms with Crippen LogP contribution in [0.15, 0.2) is 48.7 Å². The number of carbonyl (C=O) groups is 1.